The Kier molecular flexibility index (Phi) is 21.1. The summed E-state index contributed by atoms with van der Waals surface area (Å²) in [4.78, 5) is 22.0. The number of aliphatic hydroxyl groups is 5. The van der Waals surface area contributed by atoms with Crippen LogP contribution in [0.25, 0.3) is 0 Å². The Morgan fingerprint density at radius 2 is 1.51 bits per heavy atom. The maximum Gasteiger partial charge on any atom is 0.230 e. The average molecular weight is 941 g/mol. The molecule has 0 saturated heterocycles. The van der Waals surface area contributed by atoms with Gasteiger partial charge in [0.25, 0.3) is 0 Å². The van der Waals surface area contributed by atoms with Crippen LogP contribution in [0.4, 0.5) is 0 Å². The largest absolute Gasteiger partial charge is 0.400 e. The van der Waals surface area contributed by atoms with Crippen molar-refractivity contribution in [2.75, 3.05) is 13.7 Å². The lowest BCUT2D eigenvalue weighted by Gasteiger charge is -2.60. The molecule has 0 aliphatic heterocycles. The van der Waals surface area contributed by atoms with Crippen molar-refractivity contribution < 1.29 is 35.1 Å². The molecule has 9 nitrogen and oxygen atoms in total. The minimum absolute atomic E-state index is 0.0259. The van der Waals surface area contributed by atoms with Crippen molar-refractivity contribution in [2.45, 2.75) is 178 Å². The van der Waals surface area contributed by atoms with Gasteiger partial charge in [0, 0.05) is 35.8 Å². The van der Waals surface area contributed by atoms with E-state index in [-0.39, 0.29) is 40.0 Å². The van der Waals surface area contributed by atoms with Gasteiger partial charge in [-0.1, -0.05) is 105 Å². The number of ketones is 2. The Hall–Kier alpha value is -3.65. The Labute approximate surface area is 412 Å². The molecule has 8 aliphatic rings. The summed E-state index contributed by atoms with van der Waals surface area (Å²) in [5, 5.41) is 59.5. The predicted molar refractivity (Wildman–Crippen MR) is 279 cm³/mol. The molecule has 0 amide bonds. The maximum absolute atomic E-state index is 12.3. The van der Waals surface area contributed by atoms with Crippen molar-refractivity contribution in [1.29, 1.82) is 5.41 Å². The van der Waals surface area contributed by atoms with Gasteiger partial charge >= 0.3 is 0 Å². The number of Topliss-reactive ketones (excluding diaryl/α,β-unsaturated/α-hetero) is 2. The van der Waals surface area contributed by atoms with Gasteiger partial charge in [0.2, 0.25) is 5.78 Å². The fourth-order valence-corrected chi connectivity index (χ4v) is 14.7. The zero-order chi connectivity index (χ0) is 51.6. The van der Waals surface area contributed by atoms with Crippen LogP contribution in [0, 0.1) is 80.8 Å². The third-order valence-electron chi connectivity index (χ3n) is 17.7. The first kappa shape index (κ1) is 58.7. The molecule has 0 spiro atoms. The third kappa shape index (κ3) is 12.1. The van der Waals surface area contributed by atoms with Gasteiger partial charge in [0.15, 0.2) is 0 Å². The van der Waals surface area contributed by atoms with E-state index in [9.17, 15) is 24.9 Å². The van der Waals surface area contributed by atoms with Gasteiger partial charge in [-0.3, -0.25) is 9.59 Å². The Bertz CT molecular complexity index is 2050. The van der Waals surface area contributed by atoms with E-state index in [1.165, 1.54) is 42.4 Å². The minimum atomic E-state index is -0.950. The molecule has 8 rings (SSSR count). The number of allylic oxidation sites excluding steroid dienone is 10. The fraction of sp³-hybridized carbons (Fsp3) is 0.678. The van der Waals surface area contributed by atoms with Crippen molar-refractivity contribution >= 4 is 17.3 Å². The summed E-state index contributed by atoms with van der Waals surface area (Å²) in [7, 11) is 1.00. The summed E-state index contributed by atoms with van der Waals surface area (Å²) in [6, 6.07) is 0. The molecule has 9 heteroatoms. The van der Waals surface area contributed by atoms with E-state index in [4.69, 9.17) is 15.6 Å². The van der Waals surface area contributed by atoms with E-state index in [0.29, 0.717) is 41.2 Å². The molecule has 0 aromatic rings. The maximum atomic E-state index is 12.3. The van der Waals surface area contributed by atoms with E-state index in [1.807, 2.05) is 64.2 Å². The van der Waals surface area contributed by atoms with Crippen LogP contribution >= 0.6 is 0 Å². The van der Waals surface area contributed by atoms with E-state index in [1.54, 1.807) is 25.8 Å². The molecular formula is C59H92N2O7. The second-order valence-electron chi connectivity index (χ2n) is 21.6. The predicted octanol–water partition coefficient (Wildman–Crippen LogP) is 10.9. The lowest BCUT2D eigenvalue weighted by atomic mass is 9.45. The highest BCUT2D eigenvalue weighted by molar-refractivity contribution is 6.03. The number of aliphatic hydroxyl groups excluding tert-OH is 4. The van der Waals surface area contributed by atoms with Crippen molar-refractivity contribution in [3.63, 3.8) is 0 Å². The number of hydrogen-bond acceptors (Lipinski definition) is 9. The fourth-order valence-electron chi connectivity index (χ4n) is 14.7. The van der Waals surface area contributed by atoms with E-state index in [0.717, 1.165) is 62.9 Å². The van der Waals surface area contributed by atoms with Crippen LogP contribution in [0.15, 0.2) is 82.8 Å². The number of hydrogen-bond donors (Lipinski definition) is 7. The van der Waals surface area contributed by atoms with Crippen LogP contribution in [0.1, 0.15) is 161 Å². The monoisotopic (exact) mass is 941 g/mol. The number of terminal acetylenes is 1. The smallest absolute Gasteiger partial charge is 0.230 e. The molecule has 0 heterocycles. The second-order valence-corrected chi connectivity index (χ2v) is 21.6. The molecule has 5 fully saturated rings. The first-order valence-corrected chi connectivity index (χ1v) is 26.0. The van der Waals surface area contributed by atoms with Crippen molar-refractivity contribution in [1.82, 2.24) is 5.32 Å². The number of carbonyl (C=O) groups is 2. The molecule has 68 heavy (non-hydrogen) atoms. The Morgan fingerprint density at radius 1 is 0.897 bits per heavy atom. The lowest BCUT2D eigenvalue weighted by Crippen LogP contribution is -2.57. The Balaban J connectivity index is 0.000000297. The first-order chi connectivity index (χ1) is 32.1. The second kappa shape index (κ2) is 24.5. The van der Waals surface area contributed by atoms with Gasteiger partial charge < -0.3 is 36.3 Å². The van der Waals surface area contributed by atoms with Crippen LogP contribution in [0.2, 0.25) is 0 Å². The average Bonchev–Trinajstić information content (AvgIpc) is 3.60. The molecule has 0 aromatic heterocycles. The molecule has 5 saturated carbocycles. The number of carbonyl (C=O) groups excluding carboxylic acids is 2. The summed E-state index contributed by atoms with van der Waals surface area (Å²) in [6.45, 7) is 26.9. The molecule has 0 bridgehead atoms. The summed E-state index contributed by atoms with van der Waals surface area (Å²) in [6.07, 6.45) is 33.9. The topological polar surface area (TPSA) is 171 Å². The number of rotatable bonds is 6. The first-order valence-electron chi connectivity index (χ1n) is 26.0. The highest BCUT2D eigenvalue weighted by Gasteiger charge is 2.60. The molecule has 380 valence electrons. The van der Waals surface area contributed by atoms with Gasteiger partial charge in [0.05, 0.1) is 17.9 Å². The van der Waals surface area contributed by atoms with E-state index < -0.39 is 24.1 Å². The Morgan fingerprint density at radius 3 is 2.10 bits per heavy atom. The van der Waals surface area contributed by atoms with E-state index in [2.05, 4.69) is 72.4 Å². The molecular weight excluding hydrogens is 849 g/mol. The summed E-state index contributed by atoms with van der Waals surface area (Å²) in [5.74, 6) is 4.27. The van der Waals surface area contributed by atoms with Crippen molar-refractivity contribution in [3.05, 3.63) is 82.8 Å². The minimum Gasteiger partial charge on any atom is -0.400 e. The van der Waals surface area contributed by atoms with Crippen molar-refractivity contribution in [2.24, 2.45) is 63.1 Å². The quantitative estimate of drug-likeness (QED) is 0.102. The molecule has 14 atom stereocenters. The summed E-state index contributed by atoms with van der Waals surface area (Å²) >= 11 is 0. The lowest BCUT2D eigenvalue weighted by molar-refractivity contribution is -0.147. The molecule has 8 aliphatic carbocycles. The standard InChI is InChI=1S/C28H39NO2.C22H33NO2.C4H4O2.2C2H6.CH4O/c1-18-15-28(4)19(14-23(18)29-20-8-5-6-13-27(3,31)16-20)10-11-21-22-9-7-12-26(22,2)17-24(30)25(21)28;1-6-18(14(3)24)22(5)12-19(25)20-17(13(22)2)8-7-15-11-16(23)9-10-21(15,20)4;1-2-4(6)3-5;3*1-2/h5-6,8,13-14,16,21-22,24-25,29-31H,7,9-12,15,17H2,1-4H3;9-11,13,17-20,23,25H,6-8,12H2,1-5H3;1,5H,3H2;2*1-2H3;2H,1H3/t21?,22?,24-,25?,26-,27?,28-;13?,17?,18-,19+,20?,21+,22+;;;;/m01..../s1. The highest BCUT2D eigenvalue weighted by atomic mass is 16.3. The zero-order valence-corrected chi connectivity index (χ0v) is 44.5. The van der Waals surface area contributed by atoms with Crippen LogP contribution in [0.5, 0.6) is 0 Å². The van der Waals surface area contributed by atoms with Crippen LogP contribution in [-0.4, -0.2) is 74.3 Å². The summed E-state index contributed by atoms with van der Waals surface area (Å²) < 4.78 is 0. The van der Waals surface area contributed by atoms with Crippen molar-refractivity contribution in [3.8, 4) is 12.3 Å². The normalized spacial score (nSPS) is 38.4. The summed E-state index contributed by atoms with van der Waals surface area (Å²) in [5.41, 5.74) is 5.99. The van der Waals surface area contributed by atoms with Crippen LogP contribution < -0.4 is 5.32 Å². The van der Waals surface area contributed by atoms with Gasteiger partial charge in [-0.25, -0.2) is 0 Å². The van der Waals surface area contributed by atoms with Crippen LogP contribution in [0.3, 0.4) is 0 Å². The molecule has 0 radical (unpaired) electrons. The highest BCUT2D eigenvalue weighted by Crippen LogP contribution is 2.66. The van der Waals surface area contributed by atoms with Gasteiger partial charge in [-0.05, 0) is 179 Å². The zero-order valence-electron chi connectivity index (χ0n) is 44.5. The van der Waals surface area contributed by atoms with Gasteiger partial charge in [-0.15, -0.1) is 6.42 Å². The molecule has 7 unspecified atom stereocenters. The number of nitrogens with one attached hydrogen (secondary N) is 2. The molecule has 7 N–H and O–H groups in total. The van der Waals surface area contributed by atoms with Gasteiger partial charge in [-0.2, -0.15) is 0 Å². The van der Waals surface area contributed by atoms with Crippen LogP contribution in [-0.2, 0) is 9.59 Å². The SMILES string of the molecule is C#CC(=O)CO.CC.CC.CC1=C(NC2=CC(C)(O)C=CC=C2)C=C2CCC3C4CCC[C@@]4(C)C[C@H](O)C3[C@@]2(C)C1.CC[C@H](C(C)=O)[C@@]1(C)C[C@H](O)C2C(CCC3=CC(=N)C=C[C@@]32C)C1C.CO. The number of fused-ring (bicyclic) bond motifs is 8. The van der Waals surface area contributed by atoms with Gasteiger partial charge in [0.1, 0.15) is 18.0 Å². The van der Waals surface area contributed by atoms with E-state index >= 15 is 0 Å². The third-order valence-corrected chi connectivity index (χ3v) is 17.7. The molecule has 0 aromatic carbocycles.